The lowest BCUT2D eigenvalue weighted by molar-refractivity contribution is 0.347. The summed E-state index contributed by atoms with van der Waals surface area (Å²) in [7, 11) is 0. The van der Waals surface area contributed by atoms with Crippen molar-refractivity contribution < 1.29 is 0 Å². The Morgan fingerprint density at radius 1 is 0.650 bits per heavy atom. The molecule has 0 heterocycles. The molecule has 0 aliphatic rings. The van der Waals surface area contributed by atoms with Crippen LogP contribution >= 0.6 is 0 Å². The molecule has 0 heteroatoms. The molecular formula is C20H41. The Hall–Kier alpha value is 0. The van der Waals surface area contributed by atoms with Gasteiger partial charge in [0, 0.05) is 0 Å². The predicted octanol–water partition coefficient (Wildman–Crippen LogP) is 7.57. The minimum atomic E-state index is 0.820. The Bertz CT molecular complexity index is 171. The molecule has 0 amide bonds. The molecule has 0 aliphatic heterocycles. The van der Waals surface area contributed by atoms with Gasteiger partial charge >= 0.3 is 0 Å². The van der Waals surface area contributed by atoms with E-state index in [1.165, 1.54) is 83.5 Å². The fourth-order valence-electron chi connectivity index (χ4n) is 3.06. The third kappa shape index (κ3) is 13.0. The van der Waals surface area contributed by atoms with Gasteiger partial charge in [-0.1, -0.05) is 118 Å². The van der Waals surface area contributed by atoms with E-state index in [1.54, 1.807) is 0 Å². The standard InChI is InChI=1S/C20H41/c1-5-7-8-9-10-11-12-13-14-15-16-17-18-20(6-2)19(3)4/h19-20H,2,5-18H2,1,3-4H3. The van der Waals surface area contributed by atoms with E-state index in [9.17, 15) is 0 Å². The number of unbranched alkanes of at least 4 members (excludes halogenated alkanes) is 11. The molecule has 0 saturated heterocycles. The molecule has 20 heavy (non-hydrogen) atoms. The molecule has 0 saturated carbocycles. The van der Waals surface area contributed by atoms with E-state index < -0.39 is 0 Å². The van der Waals surface area contributed by atoms with E-state index in [1.807, 2.05) is 0 Å². The van der Waals surface area contributed by atoms with Gasteiger partial charge in [-0.15, -0.1) is 0 Å². The number of hydrogen-bond acceptors (Lipinski definition) is 0. The average molecular weight is 282 g/mol. The van der Waals surface area contributed by atoms with Crippen LogP contribution in [0.4, 0.5) is 0 Å². The Kier molecular flexibility index (Phi) is 15.4. The molecule has 121 valence electrons. The van der Waals surface area contributed by atoms with Crippen molar-refractivity contribution >= 4 is 0 Å². The van der Waals surface area contributed by atoms with Gasteiger partial charge in [-0.05, 0) is 11.8 Å². The van der Waals surface area contributed by atoms with E-state index in [0.29, 0.717) is 0 Å². The lowest BCUT2D eigenvalue weighted by Gasteiger charge is -2.18. The second-order valence-corrected chi connectivity index (χ2v) is 6.97. The predicted molar refractivity (Wildman–Crippen MR) is 94.0 cm³/mol. The van der Waals surface area contributed by atoms with Crippen molar-refractivity contribution in [3.05, 3.63) is 6.92 Å². The first kappa shape index (κ1) is 20.0. The summed E-state index contributed by atoms with van der Waals surface area (Å²) in [5.74, 6) is 1.68. The van der Waals surface area contributed by atoms with Gasteiger partial charge in [0.2, 0.25) is 0 Å². The second-order valence-electron chi connectivity index (χ2n) is 6.97. The summed E-state index contributed by atoms with van der Waals surface area (Å²) in [6, 6.07) is 0. The minimum Gasteiger partial charge on any atom is -0.0654 e. The first-order valence-electron chi connectivity index (χ1n) is 9.51. The van der Waals surface area contributed by atoms with Gasteiger partial charge < -0.3 is 0 Å². The van der Waals surface area contributed by atoms with Crippen molar-refractivity contribution in [3.63, 3.8) is 0 Å². The number of rotatable bonds is 15. The lowest BCUT2D eigenvalue weighted by atomic mass is 9.88. The maximum absolute atomic E-state index is 4.08. The van der Waals surface area contributed by atoms with Crippen LogP contribution in [0.1, 0.15) is 111 Å². The van der Waals surface area contributed by atoms with Gasteiger partial charge in [0.05, 0.1) is 0 Å². The molecule has 0 fully saturated rings. The SMILES string of the molecule is [CH2]CC(CCCCCCCCCCCCCC)C(C)C. The highest BCUT2D eigenvalue weighted by atomic mass is 14.2. The van der Waals surface area contributed by atoms with E-state index in [4.69, 9.17) is 0 Å². The van der Waals surface area contributed by atoms with Gasteiger partial charge in [0.15, 0.2) is 0 Å². The van der Waals surface area contributed by atoms with Crippen molar-refractivity contribution in [2.24, 2.45) is 11.8 Å². The monoisotopic (exact) mass is 281 g/mol. The highest BCUT2D eigenvalue weighted by Gasteiger charge is 2.09. The Labute approximate surface area is 130 Å². The summed E-state index contributed by atoms with van der Waals surface area (Å²) in [5, 5.41) is 0. The first-order valence-corrected chi connectivity index (χ1v) is 9.51. The number of hydrogen-bond donors (Lipinski definition) is 0. The van der Waals surface area contributed by atoms with Gasteiger partial charge in [-0.3, -0.25) is 0 Å². The summed E-state index contributed by atoms with van der Waals surface area (Å²) in [6.45, 7) is 11.1. The molecule has 0 spiro atoms. The van der Waals surface area contributed by atoms with Crippen LogP contribution in [0, 0.1) is 18.8 Å². The zero-order valence-corrected chi connectivity index (χ0v) is 14.8. The molecule has 0 aromatic heterocycles. The van der Waals surface area contributed by atoms with Crippen LogP contribution in [0.5, 0.6) is 0 Å². The second kappa shape index (κ2) is 15.4. The largest absolute Gasteiger partial charge is 0.0654 e. The molecule has 1 unspecified atom stereocenters. The van der Waals surface area contributed by atoms with Crippen molar-refractivity contribution in [1.29, 1.82) is 0 Å². The highest BCUT2D eigenvalue weighted by Crippen LogP contribution is 2.22. The van der Waals surface area contributed by atoms with Crippen LogP contribution in [-0.2, 0) is 0 Å². The fourth-order valence-corrected chi connectivity index (χ4v) is 3.06. The van der Waals surface area contributed by atoms with Crippen LogP contribution in [-0.4, -0.2) is 0 Å². The smallest absolute Gasteiger partial charge is 0.0391 e. The fraction of sp³-hybridized carbons (Fsp3) is 0.950. The lowest BCUT2D eigenvalue weighted by Crippen LogP contribution is -2.07. The van der Waals surface area contributed by atoms with Gasteiger partial charge in [0.25, 0.3) is 0 Å². The van der Waals surface area contributed by atoms with Gasteiger partial charge in [0.1, 0.15) is 0 Å². The third-order valence-corrected chi connectivity index (χ3v) is 4.74. The first-order chi connectivity index (χ1) is 9.72. The average Bonchev–Trinajstić information content (AvgIpc) is 2.43. The zero-order chi connectivity index (χ0) is 15.1. The van der Waals surface area contributed by atoms with Crippen LogP contribution < -0.4 is 0 Å². The summed E-state index contributed by atoms with van der Waals surface area (Å²) in [5.41, 5.74) is 0. The summed E-state index contributed by atoms with van der Waals surface area (Å²) in [4.78, 5) is 0. The zero-order valence-electron chi connectivity index (χ0n) is 14.8. The molecule has 1 atom stereocenters. The summed E-state index contributed by atoms with van der Waals surface area (Å²) >= 11 is 0. The Morgan fingerprint density at radius 3 is 1.40 bits per heavy atom. The molecule has 0 aromatic rings. The molecule has 0 nitrogen and oxygen atoms in total. The van der Waals surface area contributed by atoms with Crippen LogP contribution in [0.3, 0.4) is 0 Å². The Balaban J connectivity index is 3.13. The molecule has 0 aromatic carbocycles. The van der Waals surface area contributed by atoms with Crippen molar-refractivity contribution in [2.75, 3.05) is 0 Å². The van der Waals surface area contributed by atoms with Crippen molar-refractivity contribution in [1.82, 2.24) is 0 Å². The maximum atomic E-state index is 4.08. The molecule has 0 N–H and O–H groups in total. The molecular weight excluding hydrogens is 240 g/mol. The maximum Gasteiger partial charge on any atom is -0.0391 e. The van der Waals surface area contributed by atoms with Crippen LogP contribution in [0.15, 0.2) is 0 Å². The third-order valence-electron chi connectivity index (χ3n) is 4.74. The van der Waals surface area contributed by atoms with Gasteiger partial charge in [-0.25, -0.2) is 0 Å². The quantitative estimate of drug-likeness (QED) is 0.271. The van der Waals surface area contributed by atoms with Crippen LogP contribution in [0.25, 0.3) is 0 Å². The molecule has 0 aliphatic carbocycles. The topological polar surface area (TPSA) is 0 Å². The van der Waals surface area contributed by atoms with Crippen molar-refractivity contribution in [2.45, 2.75) is 111 Å². The summed E-state index contributed by atoms with van der Waals surface area (Å²) in [6.07, 6.45) is 19.9. The van der Waals surface area contributed by atoms with Crippen LogP contribution in [0.2, 0.25) is 0 Å². The van der Waals surface area contributed by atoms with Gasteiger partial charge in [-0.2, -0.15) is 0 Å². The van der Waals surface area contributed by atoms with Crippen molar-refractivity contribution in [3.8, 4) is 0 Å². The molecule has 1 radical (unpaired) electrons. The van der Waals surface area contributed by atoms with E-state index in [0.717, 1.165) is 18.3 Å². The molecule has 0 bridgehead atoms. The Morgan fingerprint density at radius 2 is 1.05 bits per heavy atom. The summed E-state index contributed by atoms with van der Waals surface area (Å²) < 4.78 is 0. The van der Waals surface area contributed by atoms with E-state index in [2.05, 4.69) is 27.7 Å². The molecule has 0 rings (SSSR count). The van der Waals surface area contributed by atoms with E-state index >= 15 is 0 Å². The normalized spacial score (nSPS) is 13.1. The minimum absolute atomic E-state index is 0.820. The van der Waals surface area contributed by atoms with E-state index in [-0.39, 0.29) is 0 Å². The highest BCUT2D eigenvalue weighted by molar-refractivity contribution is 4.64.